The predicted molar refractivity (Wildman–Crippen MR) is 67.4 cm³/mol. The fraction of sp³-hybridized carbons (Fsp3) is 0.625. The van der Waals surface area contributed by atoms with Crippen molar-refractivity contribution in [3.63, 3.8) is 0 Å². The molecule has 4 rings (SSSR count). The summed E-state index contributed by atoms with van der Waals surface area (Å²) in [6, 6.07) is 10.4. The molecule has 17 heavy (non-hydrogen) atoms. The molecule has 3 saturated carbocycles. The van der Waals surface area contributed by atoms with E-state index < -0.39 is 5.60 Å². The van der Waals surface area contributed by atoms with Crippen LogP contribution in [0.2, 0.25) is 0 Å². The lowest BCUT2D eigenvalue weighted by Gasteiger charge is -2.39. The Morgan fingerprint density at radius 1 is 1.06 bits per heavy atom. The predicted octanol–water partition coefficient (Wildman–Crippen LogP) is 3.33. The Kier molecular flexibility index (Phi) is 2.00. The van der Waals surface area contributed by atoms with Crippen LogP contribution in [0.25, 0.3) is 0 Å². The number of hydrogen-bond donors (Lipinski definition) is 1. The van der Waals surface area contributed by atoms with Gasteiger partial charge in [-0.05, 0) is 54.9 Å². The van der Waals surface area contributed by atoms with Crippen LogP contribution in [-0.2, 0) is 5.60 Å². The van der Waals surface area contributed by atoms with Crippen LogP contribution in [0.3, 0.4) is 0 Å². The average molecular weight is 228 g/mol. The van der Waals surface area contributed by atoms with Gasteiger partial charge in [-0.3, -0.25) is 0 Å². The van der Waals surface area contributed by atoms with Gasteiger partial charge in [0, 0.05) is 0 Å². The van der Waals surface area contributed by atoms with Crippen molar-refractivity contribution in [1.82, 2.24) is 0 Å². The van der Waals surface area contributed by atoms with E-state index in [9.17, 15) is 5.11 Å². The molecule has 0 aliphatic heterocycles. The summed E-state index contributed by atoms with van der Waals surface area (Å²) < 4.78 is 0. The van der Waals surface area contributed by atoms with E-state index in [1.807, 2.05) is 6.07 Å². The number of hydrogen-bond acceptors (Lipinski definition) is 1. The molecule has 3 fully saturated rings. The fourth-order valence-electron chi connectivity index (χ4n) is 5.17. The fourth-order valence-corrected chi connectivity index (χ4v) is 5.17. The molecule has 1 aromatic rings. The summed E-state index contributed by atoms with van der Waals surface area (Å²) >= 11 is 0. The Hall–Kier alpha value is -0.820. The van der Waals surface area contributed by atoms with Crippen LogP contribution in [0.4, 0.5) is 0 Å². The van der Waals surface area contributed by atoms with Crippen molar-refractivity contribution in [2.75, 3.05) is 0 Å². The van der Waals surface area contributed by atoms with Gasteiger partial charge < -0.3 is 5.11 Å². The van der Waals surface area contributed by atoms with Crippen molar-refractivity contribution in [2.45, 2.75) is 37.7 Å². The molecule has 5 atom stereocenters. The van der Waals surface area contributed by atoms with E-state index >= 15 is 0 Å². The van der Waals surface area contributed by atoms with Crippen molar-refractivity contribution in [2.24, 2.45) is 23.7 Å². The topological polar surface area (TPSA) is 20.2 Å². The molecule has 1 N–H and O–H groups in total. The van der Waals surface area contributed by atoms with Gasteiger partial charge in [0.2, 0.25) is 0 Å². The maximum absolute atomic E-state index is 11.1. The zero-order valence-electron chi connectivity index (χ0n) is 10.2. The summed E-state index contributed by atoms with van der Waals surface area (Å²) in [5.41, 5.74) is 0.662. The molecular weight excluding hydrogens is 208 g/mol. The van der Waals surface area contributed by atoms with Crippen LogP contribution in [0.5, 0.6) is 0 Å². The van der Waals surface area contributed by atoms with E-state index in [2.05, 4.69) is 24.3 Å². The summed E-state index contributed by atoms with van der Waals surface area (Å²) in [5.74, 6) is 3.11. The molecular formula is C16H20O. The molecule has 0 aromatic heterocycles. The minimum atomic E-state index is -0.503. The standard InChI is InChI=1S/C16H20O/c17-16(12-5-2-1-3-6-12)10-11-9-15(16)14-8-4-7-13(11)14/h1-3,5-6,11,13-15,17H,4,7-10H2/t11-,13+,14-,15+,16-/m0/s1. The van der Waals surface area contributed by atoms with Gasteiger partial charge in [-0.1, -0.05) is 36.8 Å². The zero-order valence-corrected chi connectivity index (χ0v) is 10.2. The molecule has 0 amide bonds. The second-order valence-corrected chi connectivity index (χ2v) is 6.36. The van der Waals surface area contributed by atoms with E-state index in [1.54, 1.807) is 0 Å². The Labute approximate surface area is 103 Å². The lowest BCUT2D eigenvalue weighted by molar-refractivity contribution is -0.0512. The highest BCUT2D eigenvalue weighted by atomic mass is 16.3. The highest BCUT2D eigenvalue weighted by molar-refractivity contribution is 5.28. The van der Waals surface area contributed by atoms with Gasteiger partial charge in [0.25, 0.3) is 0 Å². The van der Waals surface area contributed by atoms with Gasteiger partial charge in [-0.15, -0.1) is 0 Å². The van der Waals surface area contributed by atoms with Crippen molar-refractivity contribution in [1.29, 1.82) is 0 Å². The largest absolute Gasteiger partial charge is 0.385 e. The summed E-state index contributed by atoms with van der Waals surface area (Å²) in [7, 11) is 0. The summed E-state index contributed by atoms with van der Waals surface area (Å²) in [4.78, 5) is 0. The smallest absolute Gasteiger partial charge is 0.0930 e. The van der Waals surface area contributed by atoms with Crippen molar-refractivity contribution < 1.29 is 5.11 Å². The molecule has 1 heteroatoms. The zero-order chi connectivity index (χ0) is 11.5. The van der Waals surface area contributed by atoms with Crippen molar-refractivity contribution in [3.8, 4) is 0 Å². The maximum atomic E-state index is 11.1. The second-order valence-electron chi connectivity index (χ2n) is 6.36. The van der Waals surface area contributed by atoms with Gasteiger partial charge in [-0.2, -0.15) is 0 Å². The first-order valence-corrected chi connectivity index (χ1v) is 7.07. The van der Waals surface area contributed by atoms with Gasteiger partial charge >= 0.3 is 0 Å². The maximum Gasteiger partial charge on any atom is 0.0930 e. The molecule has 0 unspecified atom stereocenters. The third kappa shape index (κ3) is 1.24. The molecule has 0 radical (unpaired) electrons. The van der Waals surface area contributed by atoms with Gasteiger partial charge in [0.05, 0.1) is 5.60 Å². The Morgan fingerprint density at radius 2 is 1.82 bits per heavy atom. The number of benzene rings is 1. The Morgan fingerprint density at radius 3 is 2.65 bits per heavy atom. The molecule has 0 spiro atoms. The SMILES string of the molecule is O[C@]1(c2ccccc2)C[C@@H]2C[C@@H]1[C@H]1CCC[C@H]21. The quantitative estimate of drug-likeness (QED) is 0.781. The summed E-state index contributed by atoms with van der Waals surface area (Å²) in [6.45, 7) is 0. The number of aliphatic hydroxyl groups is 1. The Balaban J connectivity index is 1.73. The molecule has 0 heterocycles. The molecule has 1 nitrogen and oxygen atoms in total. The molecule has 1 aromatic carbocycles. The molecule has 2 bridgehead atoms. The molecule has 3 aliphatic carbocycles. The van der Waals surface area contributed by atoms with E-state index in [0.717, 1.165) is 29.7 Å². The van der Waals surface area contributed by atoms with Crippen LogP contribution in [0.15, 0.2) is 30.3 Å². The molecule has 3 aliphatic rings. The minimum Gasteiger partial charge on any atom is -0.385 e. The first-order chi connectivity index (χ1) is 8.29. The highest BCUT2D eigenvalue weighted by Gasteiger charge is 2.60. The van der Waals surface area contributed by atoms with E-state index in [4.69, 9.17) is 0 Å². The van der Waals surface area contributed by atoms with Gasteiger partial charge in [0.1, 0.15) is 0 Å². The first-order valence-electron chi connectivity index (χ1n) is 7.07. The van der Waals surface area contributed by atoms with Crippen LogP contribution < -0.4 is 0 Å². The van der Waals surface area contributed by atoms with E-state index in [-0.39, 0.29) is 0 Å². The monoisotopic (exact) mass is 228 g/mol. The van der Waals surface area contributed by atoms with Crippen LogP contribution in [0, 0.1) is 23.7 Å². The third-order valence-corrected chi connectivity index (χ3v) is 5.76. The second kappa shape index (κ2) is 3.35. The average Bonchev–Trinajstić information content (AvgIpc) is 3.00. The van der Waals surface area contributed by atoms with E-state index in [1.165, 1.54) is 25.7 Å². The van der Waals surface area contributed by atoms with Crippen LogP contribution in [0.1, 0.15) is 37.7 Å². The minimum absolute atomic E-state index is 0.503. The van der Waals surface area contributed by atoms with Crippen LogP contribution in [-0.4, -0.2) is 5.11 Å². The molecule has 0 saturated heterocycles. The number of fused-ring (bicyclic) bond motifs is 5. The van der Waals surface area contributed by atoms with Crippen LogP contribution >= 0.6 is 0 Å². The van der Waals surface area contributed by atoms with Crippen molar-refractivity contribution >= 4 is 0 Å². The van der Waals surface area contributed by atoms with Gasteiger partial charge in [0.15, 0.2) is 0 Å². The summed E-state index contributed by atoms with van der Waals surface area (Å²) in [6.07, 6.45) is 6.48. The lowest BCUT2D eigenvalue weighted by Crippen LogP contribution is -2.38. The Bertz CT molecular complexity index is 426. The number of rotatable bonds is 1. The van der Waals surface area contributed by atoms with Crippen molar-refractivity contribution in [3.05, 3.63) is 35.9 Å². The molecule has 90 valence electrons. The summed E-state index contributed by atoms with van der Waals surface area (Å²) in [5, 5.41) is 11.1. The lowest BCUT2D eigenvalue weighted by atomic mass is 9.70. The van der Waals surface area contributed by atoms with E-state index in [0.29, 0.717) is 5.92 Å². The highest BCUT2D eigenvalue weighted by Crippen LogP contribution is 2.65. The third-order valence-electron chi connectivity index (χ3n) is 5.76. The normalized spacial score (nSPS) is 47.4. The van der Waals surface area contributed by atoms with Gasteiger partial charge in [-0.25, -0.2) is 0 Å². The first kappa shape index (κ1) is 10.1.